The van der Waals surface area contributed by atoms with Gasteiger partial charge < -0.3 is 0 Å². The van der Waals surface area contributed by atoms with E-state index in [1.54, 1.807) is 4.31 Å². The number of hydrogen-bond acceptors (Lipinski definition) is 3. The monoisotopic (exact) mass is 291 g/mol. The molecule has 1 aromatic carbocycles. The van der Waals surface area contributed by atoms with Crippen molar-refractivity contribution in [2.75, 3.05) is 0 Å². The highest BCUT2D eigenvalue weighted by atomic mass is 32.2. The lowest BCUT2D eigenvalue weighted by molar-refractivity contribution is 0.398. The number of benzene rings is 1. The van der Waals surface area contributed by atoms with Crippen LogP contribution in [0.2, 0.25) is 0 Å². The zero-order valence-electron chi connectivity index (χ0n) is 11.3. The Morgan fingerprint density at radius 1 is 1.40 bits per heavy atom. The fourth-order valence-electron chi connectivity index (χ4n) is 2.28. The predicted molar refractivity (Wildman–Crippen MR) is 75.5 cm³/mol. The summed E-state index contributed by atoms with van der Waals surface area (Å²) in [7, 11) is -3.47. The van der Waals surface area contributed by atoms with Gasteiger partial charge in [-0.2, -0.15) is 9.40 Å². The van der Waals surface area contributed by atoms with Crippen LogP contribution >= 0.6 is 0 Å². The highest BCUT2D eigenvalue weighted by Crippen LogP contribution is 2.33. The summed E-state index contributed by atoms with van der Waals surface area (Å²) in [5.74, 6) is 0. The molecule has 1 aromatic heterocycles. The second-order valence-corrected chi connectivity index (χ2v) is 7.10. The Labute approximate surface area is 118 Å². The molecule has 1 fully saturated rings. The maximum Gasteiger partial charge on any atom is 0.246 e. The van der Waals surface area contributed by atoms with Crippen LogP contribution in [0.4, 0.5) is 0 Å². The molecule has 0 saturated heterocycles. The molecule has 0 radical (unpaired) electrons. The largest absolute Gasteiger partial charge is 0.284 e. The van der Waals surface area contributed by atoms with Crippen molar-refractivity contribution in [2.24, 2.45) is 0 Å². The van der Waals surface area contributed by atoms with Crippen LogP contribution in [0.3, 0.4) is 0 Å². The van der Waals surface area contributed by atoms with Crippen molar-refractivity contribution in [1.29, 1.82) is 0 Å². The molecule has 1 saturated carbocycles. The van der Waals surface area contributed by atoms with Crippen LogP contribution in [-0.2, 0) is 16.6 Å². The van der Waals surface area contributed by atoms with Gasteiger partial charge in [-0.05, 0) is 25.3 Å². The topological polar surface area (TPSA) is 66.1 Å². The van der Waals surface area contributed by atoms with Crippen molar-refractivity contribution < 1.29 is 8.42 Å². The molecule has 5 nitrogen and oxygen atoms in total. The average Bonchev–Trinajstić information content (AvgIpc) is 3.08. The summed E-state index contributed by atoms with van der Waals surface area (Å²) in [5.41, 5.74) is 2.16. The number of sulfonamides is 1. The van der Waals surface area contributed by atoms with E-state index in [9.17, 15) is 8.42 Å². The Balaban J connectivity index is 1.90. The summed E-state index contributed by atoms with van der Waals surface area (Å²) in [5, 5.41) is 6.31. The first kappa shape index (κ1) is 13.3. The molecule has 0 bridgehead atoms. The molecule has 106 valence electrons. The molecule has 2 aromatic rings. The highest BCUT2D eigenvalue weighted by molar-refractivity contribution is 7.89. The quantitative estimate of drug-likeness (QED) is 0.917. The summed E-state index contributed by atoms with van der Waals surface area (Å²) in [4.78, 5) is 0.233. The van der Waals surface area contributed by atoms with Crippen LogP contribution in [0.25, 0.3) is 0 Å². The van der Waals surface area contributed by atoms with Crippen LogP contribution < -0.4 is 0 Å². The molecule has 20 heavy (non-hydrogen) atoms. The van der Waals surface area contributed by atoms with Crippen molar-refractivity contribution in [2.45, 2.75) is 37.2 Å². The molecule has 1 N–H and O–H groups in total. The van der Waals surface area contributed by atoms with E-state index < -0.39 is 10.0 Å². The predicted octanol–water partition coefficient (Wildman–Crippen LogP) is 2.07. The Hall–Kier alpha value is -1.66. The lowest BCUT2D eigenvalue weighted by Crippen LogP contribution is -2.32. The zero-order valence-corrected chi connectivity index (χ0v) is 12.1. The number of rotatable bonds is 5. The lowest BCUT2D eigenvalue weighted by atomic mass is 10.1. The minimum Gasteiger partial charge on any atom is -0.284 e. The first-order chi connectivity index (χ1) is 9.57. The van der Waals surface area contributed by atoms with Crippen LogP contribution in [-0.4, -0.2) is 29.0 Å². The first-order valence-corrected chi connectivity index (χ1v) is 8.07. The van der Waals surface area contributed by atoms with Gasteiger partial charge in [-0.25, -0.2) is 8.42 Å². The van der Waals surface area contributed by atoms with Gasteiger partial charge in [-0.15, -0.1) is 0 Å². The van der Waals surface area contributed by atoms with Gasteiger partial charge in [0.05, 0.1) is 6.20 Å². The summed E-state index contributed by atoms with van der Waals surface area (Å²) in [6, 6.07) is 8.08. The minimum absolute atomic E-state index is 0.121. The molecular weight excluding hydrogens is 274 g/mol. The number of aryl methyl sites for hydroxylation is 1. The number of H-pyrrole nitrogens is 1. The maximum atomic E-state index is 12.6. The van der Waals surface area contributed by atoms with Gasteiger partial charge in [-0.3, -0.25) is 5.10 Å². The van der Waals surface area contributed by atoms with E-state index in [2.05, 4.69) is 10.2 Å². The average molecular weight is 291 g/mol. The number of hydrogen-bond donors (Lipinski definition) is 1. The second kappa shape index (κ2) is 5.03. The Morgan fingerprint density at radius 2 is 2.20 bits per heavy atom. The fraction of sp³-hybridized carbons (Fsp3) is 0.357. The van der Waals surface area contributed by atoms with Gasteiger partial charge in [0.2, 0.25) is 10.0 Å². The number of nitrogens with one attached hydrogen (secondary N) is 1. The molecule has 0 spiro atoms. The molecule has 1 aliphatic rings. The summed E-state index contributed by atoms with van der Waals surface area (Å²) in [6.07, 6.45) is 4.66. The van der Waals surface area contributed by atoms with Crippen LogP contribution in [0.15, 0.2) is 41.6 Å². The van der Waals surface area contributed by atoms with Gasteiger partial charge in [-0.1, -0.05) is 29.8 Å². The maximum absolute atomic E-state index is 12.6. The third-order valence-corrected chi connectivity index (χ3v) is 5.32. The van der Waals surface area contributed by atoms with Gasteiger partial charge in [0.1, 0.15) is 4.90 Å². The van der Waals surface area contributed by atoms with Crippen molar-refractivity contribution in [3.05, 3.63) is 47.8 Å². The van der Waals surface area contributed by atoms with Gasteiger partial charge >= 0.3 is 0 Å². The van der Waals surface area contributed by atoms with E-state index in [0.29, 0.717) is 6.54 Å². The molecule has 0 amide bonds. The van der Waals surface area contributed by atoms with E-state index in [0.717, 1.165) is 24.0 Å². The van der Waals surface area contributed by atoms with E-state index in [-0.39, 0.29) is 10.9 Å². The highest BCUT2D eigenvalue weighted by Gasteiger charge is 2.38. The number of aromatic amines is 1. The molecule has 1 aliphatic carbocycles. The van der Waals surface area contributed by atoms with E-state index >= 15 is 0 Å². The molecule has 0 unspecified atom stereocenters. The first-order valence-electron chi connectivity index (χ1n) is 6.63. The lowest BCUT2D eigenvalue weighted by Gasteiger charge is -2.21. The van der Waals surface area contributed by atoms with Crippen LogP contribution in [0, 0.1) is 6.92 Å². The summed E-state index contributed by atoms with van der Waals surface area (Å²) in [6.45, 7) is 2.43. The third kappa shape index (κ3) is 2.62. The molecule has 1 heterocycles. The molecule has 6 heteroatoms. The van der Waals surface area contributed by atoms with Crippen molar-refractivity contribution in [1.82, 2.24) is 14.5 Å². The van der Waals surface area contributed by atoms with E-state index in [4.69, 9.17) is 0 Å². The van der Waals surface area contributed by atoms with Gasteiger partial charge in [0, 0.05) is 18.8 Å². The van der Waals surface area contributed by atoms with Crippen molar-refractivity contribution in [3.8, 4) is 0 Å². The number of nitrogens with zero attached hydrogens (tertiary/aromatic N) is 2. The second-order valence-electron chi connectivity index (χ2n) is 5.20. The third-order valence-electron chi connectivity index (χ3n) is 3.45. The van der Waals surface area contributed by atoms with E-state index in [1.807, 2.05) is 31.2 Å². The Morgan fingerprint density at radius 3 is 2.80 bits per heavy atom. The summed E-state index contributed by atoms with van der Waals surface area (Å²) >= 11 is 0. The minimum atomic E-state index is -3.47. The molecule has 0 aliphatic heterocycles. The number of aromatic nitrogens is 2. The van der Waals surface area contributed by atoms with Gasteiger partial charge in [0.15, 0.2) is 0 Å². The molecule has 0 atom stereocenters. The Kier molecular flexibility index (Phi) is 3.35. The fourth-order valence-corrected chi connectivity index (χ4v) is 3.86. The van der Waals surface area contributed by atoms with Crippen molar-refractivity contribution in [3.63, 3.8) is 0 Å². The molecule has 3 rings (SSSR count). The SMILES string of the molecule is Cc1cccc(CN(C2CC2)S(=O)(=O)c2cn[nH]c2)c1. The Bertz CT molecular complexity index is 691. The van der Waals surface area contributed by atoms with Crippen molar-refractivity contribution >= 4 is 10.0 Å². The molecular formula is C14H17N3O2S. The normalized spacial score (nSPS) is 15.7. The summed E-state index contributed by atoms with van der Waals surface area (Å²) < 4.78 is 26.9. The smallest absolute Gasteiger partial charge is 0.246 e. The van der Waals surface area contributed by atoms with Gasteiger partial charge in [0.25, 0.3) is 0 Å². The zero-order chi connectivity index (χ0) is 14.2. The van der Waals surface area contributed by atoms with Crippen LogP contribution in [0.1, 0.15) is 24.0 Å². The standard InChI is InChI=1S/C14H17N3O2S/c1-11-3-2-4-12(7-11)10-17(13-5-6-13)20(18,19)14-8-15-16-9-14/h2-4,7-9,13H,5-6,10H2,1H3,(H,15,16). The van der Waals surface area contributed by atoms with Crippen LogP contribution in [0.5, 0.6) is 0 Å². The van der Waals surface area contributed by atoms with E-state index in [1.165, 1.54) is 12.4 Å².